The summed E-state index contributed by atoms with van der Waals surface area (Å²) in [6.07, 6.45) is 9.18. The fraction of sp³-hybridized carbons (Fsp3) is 0.500. The van der Waals surface area contributed by atoms with Crippen molar-refractivity contribution in [2.75, 3.05) is 6.54 Å². The van der Waals surface area contributed by atoms with Crippen LogP contribution in [0.5, 0.6) is 5.75 Å². The van der Waals surface area contributed by atoms with Crippen molar-refractivity contribution in [2.24, 2.45) is 5.92 Å². The van der Waals surface area contributed by atoms with Crippen LogP contribution in [0.1, 0.15) is 44.2 Å². The molecule has 19 heavy (non-hydrogen) atoms. The first-order valence-electron chi connectivity index (χ1n) is 7.07. The van der Waals surface area contributed by atoms with Gasteiger partial charge in [-0.15, -0.1) is 0 Å². The van der Waals surface area contributed by atoms with Crippen LogP contribution in [0.25, 0.3) is 0 Å². The highest BCUT2D eigenvalue weighted by molar-refractivity contribution is 9.10. The lowest BCUT2D eigenvalue weighted by Crippen LogP contribution is -2.27. The van der Waals surface area contributed by atoms with E-state index in [1.54, 1.807) is 6.07 Å². The summed E-state index contributed by atoms with van der Waals surface area (Å²) in [5, 5.41) is 13.6. The maximum Gasteiger partial charge on any atom is 0.120 e. The molecule has 1 aromatic rings. The van der Waals surface area contributed by atoms with Crippen molar-refractivity contribution in [1.29, 1.82) is 0 Å². The van der Waals surface area contributed by atoms with E-state index in [1.807, 2.05) is 12.1 Å². The third-order valence-electron chi connectivity index (χ3n) is 3.80. The lowest BCUT2D eigenvalue weighted by molar-refractivity contribution is 0.389. The average molecular weight is 324 g/mol. The molecule has 0 aliphatic heterocycles. The number of allylic oxidation sites excluding steroid dienone is 2. The second kappa shape index (κ2) is 7.11. The zero-order valence-electron chi connectivity index (χ0n) is 11.4. The van der Waals surface area contributed by atoms with Gasteiger partial charge in [0.05, 0.1) is 0 Å². The van der Waals surface area contributed by atoms with Gasteiger partial charge in [0.25, 0.3) is 0 Å². The highest BCUT2D eigenvalue weighted by atomic mass is 79.9. The number of benzene rings is 1. The van der Waals surface area contributed by atoms with Gasteiger partial charge in [-0.05, 0) is 56.3 Å². The van der Waals surface area contributed by atoms with Crippen LogP contribution in [0.15, 0.2) is 34.8 Å². The summed E-state index contributed by atoms with van der Waals surface area (Å²) < 4.78 is 1.01. The van der Waals surface area contributed by atoms with Crippen molar-refractivity contribution < 1.29 is 5.11 Å². The number of hydrogen-bond acceptors (Lipinski definition) is 2. The van der Waals surface area contributed by atoms with Crippen LogP contribution in [0.4, 0.5) is 0 Å². The van der Waals surface area contributed by atoms with E-state index in [9.17, 15) is 5.11 Å². The minimum Gasteiger partial charge on any atom is -0.508 e. The van der Waals surface area contributed by atoms with E-state index in [-0.39, 0.29) is 6.04 Å². The van der Waals surface area contributed by atoms with Crippen LogP contribution in [0.3, 0.4) is 0 Å². The van der Waals surface area contributed by atoms with Gasteiger partial charge in [-0.1, -0.05) is 35.0 Å². The van der Waals surface area contributed by atoms with E-state index in [0.717, 1.165) is 28.9 Å². The Morgan fingerprint density at radius 1 is 1.42 bits per heavy atom. The number of hydrogen-bond donors (Lipinski definition) is 2. The standard InChI is InChI=1S/C16H22BrNO/c1-2-15(14-10-13(17)8-9-16(14)19)18-11-12-6-4-3-5-7-12/h3-4,8-10,12,15,18-19H,2,5-7,11H2,1H3. The second-order valence-electron chi connectivity index (χ2n) is 5.22. The Morgan fingerprint density at radius 2 is 2.26 bits per heavy atom. The number of phenolic OH excluding ortho intramolecular Hbond substituents is 1. The molecule has 2 rings (SSSR count). The topological polar surface area (TPSA) is 32.3 Å². The second-order valence-corrected chi connectivity index (χ2v) is 6.14. The molecule has 2 nitrogen and oxygen atoms in total. The lowest BCUT2D eigenvalue weighted by Gasteiger charge is -2.24. The molecule has 0 bridgehead atoms. The monoisotopic (exact) mass is 323 g/mol. The van der Waals surface area contributed by atoms with Crippen molar-refractivity contribution in [2.45, 2.75) is 38.6 Å². The number of rotatable bonds is 5. The number of nitrogens with one attached hydrogen (secondary N) is 1. The summed E-state index contributed by atoms with van der Waals surface area (Å²) in [4.78, 5) is 0. The summed E-state index contributed by atoms with van der Waals surface area (Å²) in [6.45, 7) is 3.17. The largest absolute Gasteiger partial charge is 0.508 e. The van der Waals surface area contributed by atoms with Gasteiger partial charge in [0.15, 0.2) is 0 Å². The van der Waals surface area contributed by atoms with Crippen LogP contribution in [-0.2, 0) is 0 Å². The Balaban J connectivity index is 1.99. The van der Waals surface area contributed by atoms with Crippen LogP contribution < -0.4 is 5.32 Å². The summed E-state index contributed by atoms with van der Waals surface area (Å²) in [5.74, 6) is 1.11. The van der Waals surface area contributed by atoms with E-state index in [1.165, 1.54) is 19.3 Å². The first-order valence-corrected chi connectivity index (χ1v) is 7.86. The quantitative estimate of drug-likeness (QED) is 0.779. The zero-order valence-corrected chi connectivity index (χ0v) is 13.0. The zero-order chi connectivity index (χ0) is 13.7. The van der Waals surface area contributed by atoms with E-state index < -0.39 is 0 Å². The molecule has 1 aromatic carbocycles. The van der Waals surface area contributed by atoms with Crippen LogP contribution >= 0.6 is 15.9 Å². The van der Waals surface area contributed by atoms with Crippen LogP contribution in [0, 0.1) is 5.92 Å². The van der Waals surface area contributed by atoms with Crippen molar-refractivity contribution in [3.8, 4) is 5.75 Å². The van der Waals surface area contributed by atoms with Crippen molar-refractivity contribution >= 4 is 15.9 Å². The fourth-order valence-electron chi connectivity index (χ4n) is 2.63. The summed E-state index contributed by atoms with van der Waals surface area (Å²) >= 11 is 3.47. The molecule has 0 spiro atoms. The minimum absolute atomic E-state index is 0.225. The third-order valence-corrected chi connectivity index (χ3v) is 4.30. The lowest BCUT2D eigenvalue weighted by atomic mass is 9.93. The number of aromatic hydroxyl groups is 1. The number of halogens is 1. The Bertz CT molecular complexity index is 444. The Kier molecular flexibility index (Phi) is 5.46. The molecule has 1 aliphatic carbocycles. The Morgan fingerprint density at radius 3 is 2.95 bits per heavy atom. The third kappa shape index (κ3) is 4.08. The molecule has 0 aromatic heterocycles. The van der Waals surface area contributed by atoms with E-state index in [2.05, 4.69) is 40.3 Å². The summed E-state index contributed by atoms with van der Waals surface area (Å²) in [5.41, 5.74) is 0.989. The van der Waals surface area contributed by atoms with E-state index in [0.29, 0.717) is 5.75 Å². The molecule has 0 fully saturated rings. The van der Waals surface area contributed by atoms with Crippen LogP contribution in [-0.4, -0.2) is 11.7 Å². The molecule has 2 atom stereocenters. The van der Waals surface area contributed by atoms with Gasteiger partial charge in [0.1, 0.15) is 5.75 Å². The van der Waals surface area contributed by atoms with E-state index >= 15 is 0 Å². The number of phenols is 1. The van der Waals surface area contributed by atoms with Gasteiger partial charge in [0, 0.05) is 16.1 Å². The molecule has 0 heterocycles. The summed E-state index contributed by atoms with van der Waals surface area (Å²) in [6, 6.07) is 5.87. The van der Waals surface area contributed by atoms with Gasteiger partial charge < -0.3 is 10.4 Å². The van der Waals surface area contributed by atoms with Gasteiger partial charge >= 0.3 is 0 Å². The van der Waals surface area contributed by atoms with E-state index in [4.69, 9.17) is 0 Å². The van der Waals surface area contributed by atoms with Gasteiger partial charge in [0.2, 0.25) is 0 Å². The van der Waals surface area contributed by atoms with Gasteiger partial charge in [-0.3, -0.25) is 0 Å². The molecule has 0 amide bonds. The smallest absolute Gasteiger partial charge is 0.120 e. The predicted molar refractivity (Wildman–Crippen MR) is 83.3 cm³/mol. The predicted octanol–water partition coefficient (Wildman–Crippen LogP) is 4.55. The molecule has 0 saturated heterocycles. The average Bonchev–Trinajstić information content (AvgIpc) is 2.44. The molecule has 2 N–H and O–H groups in total. The molecule has 0 radical (unpaired) electrons. The van der Waals surface area contributed by atoms with Gasteiger partial charge in [-0.2, -0.15) is 0 Å². The molecular formula is C16H22BrNO. The first-order chi connectivity index (χ1) is 9.20. The normalized spacial score (nSPS) is 20.4. The Hall–Kier alpha value is -0.800. The summed E-state index contributed by atoms with van der Waals surface area (Å²) in [7, 11) is 0. The fourth-order valence-corrected chi connectivity index (χ4v) is 3.01. The molecule has 0 saturated carbocycles. The SMILES string of the molecule is CCC(NCC1CC=CCC1)c1cc(Br)ccc1O. The highest BCUT2D eigenvalue weighted by Crippen LogP contribution is 2.30. The molecule has 1 aliphatic rings. The highest BCUT2D eigenvalue weighted by Gasteiger charge is 2.16. The molecule has 2 unspecified atom stereocenters. The van der Waals surface area contributed by atoms with Gasteiger partial charge in [-0.25, -0.2) is 0 Å². The minimum atomic E-state index is 0.225. The Labute approximate surface area is 124 Å². The van der Waals surface area contributed by atoms with Crippen LogP contribution in [0.2, 0.25) is 0 Å². The van der Waals surface area contributed by atoms with Crippen molar-refractivity contribution in [3.05, 3.63) is 40.4 Å². The first kappa shape index (κ1) is 14.6. The van der Waals surface area contributed by atoms with Crippen molar-refractivity contribution in [3.63, 3.8) is 0 Å². The molecule has 3 heteroatoms. The maximum absolute atomic E-state index is 10.0. The maximum atomic E-state index is 10.0. The molecule has 104 valence electrons. The van der Waals surface area contributed by atoms with Crippen molar-refractivity contribution in [1.82, 2.24) is 5.32 Å². The molecular weight excluding hydrogens is 302 g/mol.